The number of carbonyl (C=O) groups is 1. The molecule has 5 nitrogen and oxygen atoms in total. The van der Waals surface area contributed by atoms with Gasteiger partial charge in [0.1, 0.15) is 0 Å². The van der Waals surface area contributed by atoms with E-state index >= 15 is 0 Å². The highest BCUT2D eigenvalue weighted by Crippen LogP contribution is 2.50. The van der Waals surface area contributed by atoms with Crippen molar-refractivity contribution in [2.75, 3.05) is 27.2 Å². The van der Waals surface area contributed by atoms with Gasteiger partial charge >= 0.3 is 0 Å². The first-order valence-electron chi connectivity index (χ1n) is 7.91. The van der Waals surface area contributed by atoms with Crippen LogP contribution in [0.5, 0.6) is 0 Å². The van der Waals surface area contributed by atoms with Crippen molar-refractivity contribution in [2.24, 2.45) is 18.4 Å². The topological polar surface area (TPSA) is 41.4 Å². The van der Waals surface area contributed by atoms with Crippen molar-refractivity contribution in [1.82, 2.24) is 19.6 Å². The SMILES string of the molecule is CN(C)C(=O)[C@@H]1CCC[C@@]12CCN(Cc1cnn(C)c1)C2. The predicted octanol–water partition coefficient (Wildman–Crippen LogP) is 1.50. The van der Waals surface area contributed by atoms with Crippen LogP contribution in [0.4, 0.5) is 0 Å². The third-order valence-electron chi connectivity index (χ3n) is 5.27. The van der Waals surface area contributed by atoms with Gasteiger partial charge < -0.3 is 4.90 Å². The molecule has 21 heavy (non-hydrogen) atoms. The highest BCUT2D eigenvalue weighted by atomic mass is 16.2. The van der Waals surface area contributed by atoms with Crippen LogP contribution in [0.25, 0.3) is 0 Å². The van der Waals surface area contributed by atoms with Crippen molar-refractivity contribution in [3.63, 3.8) is 0 Å². The molecular weight excluding hydrogens is 264 g/mol. The molecule has 0 N–H and O–H groups in total. The van der Waals surface area contributed by atoms with Gasteiger partial charge in [-0.25, -0.2) is 0 Å². The number of likely N-dealkylation sites (tertiary alicyclic amines) is 1. The smallest absolute Gasteiger partial charge is 0.225 e. The van der Waals surface area contributed by atoms with Crippen molar-refractivity contribution in [3.05, 3.63) is 18.0 Å². The maximum atomic E-state index is 12.5. The van der Waals surface area contributed by atoms with Crippen molar-refractivity contribution in [2.45, 2.75) is 32.2 Å². The van der Waals surface area contributed by atoms with Gasteiger partial charge in [0.25, 0.3) is 0 Å². The lowest BCUT2D eigenvalue weighted by Crippen LogP contribution is -2.40. The summed E-state index contributed by atoms with van der Waals surface area (Å²) in [4.78, 5) is 16.7. The third kappa shape index (κ3) is 2.71. The van der Waals surface area contributed by atoms with Gasteiger partial charge in [-0.2, -0.15) is 5.10 Å². The number of rotatable bonds is 3. The van der Waals surface area contributed by atoms with Crippen LogP contribution in [0.3, 0.4) is 0 Å². The normalized spacial score (nSPS) is 29.4. The number of nitrogens with zero attached hydrogens (tertiary/aromatic N) is 4. The van der Waals surface area contributed by atoms with E-state index in [1.54, 1.807) is 4.90 Å². The maximum Gasteiger partial charge on any atom is 0.225 e. The molecule has 0 radical (unpaired) electrons. The Balaban J connectivity index is 1.68. The molecule has 1 aromatic rings. The molecule has 0 bridgehead atoms. The first-order chi connectivity index (χ1) is 10.00. The molecule has 0 aromatic carbocycles. The summed E-state index contributed by atoms with van der Waals surface area (Å²) in [5.74, 6) is 0.558. The van der Waals surface area contributed by atoms with Gasteiger partial charge in [0.05, 0.1) is 6.20 Å². The number of carbonyl (C=O) groups excluding carboxylic acids is 1. The summed E-state index contributed by atoms with van der Waals surface area (Å²) in [6.07, 6.45) is 8.67. The average Bonchev–Trinajstić information content (AvgIpc) is 3.13. The van der Waals surface area contributed by atoms with Crippen molar-refractivity contribution in [3.8, 4) is 0 Å². The van der Waals surface area contributed by atoms with Gasteiger partial charge in [-0.15, -0.1) is 0 Å². The van der Waals surface area contributed by atoms with Gasteiger partial charge in [0.15, 0.2) is 0 Å². The molecule has 1 spiro atoms. The molecule has 0 unspecified atom stereocenters. The molecule has 2 atom stereocenters. The van der Waals surface area contributed by atoms with E-state index in [9.17, 15) is 4.79 Å². The number of aryl methyl sites for hydroxylation is 1. The lowest BCUT2D eigenvalue weighted by Gasteiger charge is -2.32. The quantitative estimate of drug-likeness (QED) is 0.847. The molecule has 2 aliphatic rings. The Morgan fingerprint density at radius 3 is 2.95 bits per heavy atom. The summed E-state index contributed by atoms with van der Waals surface area (Å²) in [6.45, 7) is 3.12. The molecule has 1 saturated carbocycles. The summed E-state index contributed by atoms with van der Waals surface area (Å²) in [6, 6.07) is 0. The lowest BCUT2D eigenvalue weighted by molar-refractivity contribution is -0.136. The minimum atomic E-state index is 0.226. The van der Waals surface area contributed by atoms with Crippen LogP contribution in [-0.4, -0.2) is 52.7 Å². The van der Waals surface area contributed by atoms with Crippen LogP contribution in [0.1, 0.15) is 31.2 Å². The van der Waals surface area contributed by atoms with E-state index in [0.29, 0.717) is 5.91 Å². The van der Waals surface area contributed by atoms with Crippen LogP contribution in [0, 0.1) is 11.3 Å². The Kier molecular flexibility index (Phi) is 3.78. The summed E-state index contributed by atoms with van der Waals surface area (Å²) < 4.78 is 1.86. The Hall–Kier alpha value is -1.36. The fraction of sp³-hybridized carbons (Fsp3) is 0.750. The van der Waals surface area contributed by atoms with Crippen LogP contribution >= 0.6 is 0 Å². The second-order valence-electron chi connectivity index (χ2n) is 7.02. The molecular formula is C16H26N4O. The van der Waals surface area contributed by atoms with E-state index in [-0.39, 0.29) is 11.3 Å². The van der Waals surface area contributed by atoms with Gasteiger partial charge in [-0.3, -0.25) is 14.4 Å². The highest BCUT2D eigenvalue weighted by molar-refractivity contribution is 5.79. The second-order valence-corrected chi connectivity index (χ2v) is 7.02. The zero-order valence-electron chi connectivity index (χ0n) is 13.4. The fourth-order valence-electron chi connectivity index (χ4n) is 4.26. The molecule has 1 aromatic heterocycles. The molecule has 2 heterocycles. The van der Waals surface area contributed by atoms with Crippen LogP contribution in [-0.2, 0) is 18.4 Å². The number of hydrogen-bond donors (Lipinski definition) is 0. The van der Waals surface area contributed by atoms with Crippen LogP contribution in [0.2, 0.25) is 0 Å². The van der Waals surface area contributed by atoms with Crippen molar-refractivity contribution >= 4 is 5.91 Å². The summed E-state index contributed by atoms with van der Waals surface area (Å²) in [7, 11) is 5.73. The third-order valence-corrected chi connectivity index (χ3v) is 5.27. The lowest BCUT2D eigenvalue weighted by atomic mass is 9.76. The number of amides is 1. The van der Waals surface area contributed by atoms with E-state index in [1.807, 2.05) is 32.0 Å². The molecule has 1 saturated heterocycles. The monoisotopic (exact) mass is 290 g/mol. The van der Waals surface area contributed by atoms with Crippen molar-refractivity contribution < 1.29 is 4.79 Å². The van der Waals surface area contributed by atoms with E-state index in [1.165, 1.54) is 18.4 Å². The molecule has 5 heteroatoms. The Morgan fingerprint density at radius 1 is 1.48 bits per heavy atom. The maximum absolute atomic E-state index is 12.5. The molecule has 116 valence electrons. The first-order valence-corrected chi connectivity index (χ1v) is 7.91. The van der Waals surface area contributed by atoms with Crippen molar-refractivity contribution in [1.29, 1.82) is 0 Å². The average molecular weight is 290 g/mol. The van der Waals surface area contributed by atoms with E-state index in [0.717, 1.165) is 32.5 Å². The molecule has 2 fully saturated rings. The highest BCUT2D eigenvalue weighted by Gasteiger charge is 2.50. The standard InChI is InChI=1S/C16H26N4O/c1-18(2)15(21)14-5-4-6-16(14)7-8-20(12-16)11-13-9-17-19(3)10-13/h9-10,14H,4-8,11-12H2,1-3H3/t14-,16-/m0/s1. The second kappa shape index (κ2) is 5.44. The Labute approximate surface area is 126 Å². The zero-order valence-corrected chi connectivity index (χ0v) is 13.4. The molecule has 1 aliphatic heterocycles. The molecule has 3 rings (SSSR count). The Morgan fingerprint density at radius 2 is 2.29 bits per heavy atom. The molecule has 1 amide bonds. The fourth-order valence-corrected chi connectivity index (χ4v) is 4.26. The van der Waals surface area contributed by atoms with Gasteiger partial charge in [0, 0.05) is 51.9 Å². The number of aromatic nitrogens is 2. The van der Waals surface area contributed by atoms with E-state index < -0.39 is 0 Å². The predicted molar refractivity (Wildman–Crippen MR) is 81.6 cm³/mol. The minimum absolute atomic E-state index is 0.226. The summed E-state index contributed by atoms with van der Waals surface area (Å²) in [5, 5.41) is 4.24. The zero-order chi connectivity index (χ0) is 15.0. The van der Waals surface area contributed by atoms with Gasteiger partial charge in [-0.1, -0.05) is 6.42 Å². The van der Waals surface area contributed by atoms with Gasteiger partial charge in [-0.05, 0) is 31.2 Å². The minimum Gasteiger partial charge on any atom is -0.349 e. The summed E-state index contributed by atoms with van der Waals surface area (Å²) >= 11 is 0. The number of hydrogen-bond acceptors (Lipinski definition) is 3. The Bertz CT molecular complexity index is 524. The van der Waals surface area contributed by atoms with Gasteiger partial charge in [0.2, 0.25) is 5.91 Å². The van der Waals surface area contributed by atoms with Crippen LogP contribution < -0.4 is 0 Å². The molecule has 1 aliphatic carbocycles. The van der Waals surface area contributed by atoms with Crippen LogP contribution in [0.15, 0.2) is 12.4 Å². The summed E-state index contributed by atoms with van der Waals surface area (Å²) in [5.41, 5.74) is 1.49. The largest absolute Gasteiger partial charge is 0.349 e. The van der Waals surface area contributed by atoms with E-state index in [4.69, 9.17) is 0 Å². The first kappa shape index (κ1) is 14.6. The van der Waals surface area contributed by atoms with E-state index in [2.05, 4.69) is 16.2 Å².